The Morgan fingerprint density at radius 3 is 2.19 bits per heavy atom. The molecule has 0 N–H and O–H groups in total. The fraction of sp³-hybridized carbons (Fsp3) is 0.875. The van der Waals surface area contributed by atoms with Crippen LogP contribution in [0.1, 0.15) is 46.0 Å². The first kappa shape index (κ1) is 16.3. The maximum Gasteiger partial charge on any atom is 0.323 e. The number of rotatable bonds is 3. The summed E-state index contributed by atoms with van der Waals surface area (Å²) in [6.45, 7) is 5.05. The van der Waals surface area contributed by atoms with Crippen LogP contribution in [-0.2, 0) is 23.8 Å². The maximum atomic E-state index is 12.3. The van der Waals surface area contributed by atoms with Gasteiger partial charge in [0.2, 0.25) is 0 Å². The summed E-state index contributed by atoms with van der Waals surface area (Å²) in [7, 11) is 2.65. The van der Waals surface area contributed by atoms with Crippen LogP contribution in [0.15, 0.2) is 0 Å². The Morgan fingerprint density at radius 2 is 1.76 bits per heavy atom. The topological polar surface area (TPSA) is 61.8 Å². The van der Waals surface area contributed by atoms with Crippen LogP contribution in [-0.4, -0.2) is 38.4 Å². The van der Waals surface area contributed by atoms with E-state index in [-0.39, 0.29) is 0 Å². The Morgan fingerprint density at radius 1 is 1.14 bits per heavy atom. The summed E-state index contributed by atoms with van der Waals surface area (Å²) in [6.07, 6.45) is 3.50. The molecule has 1 aliphatic heterocycles. The molecule has 5 heteroatoms. The highest BCUT2D eigenvalue weighted by atomic mass is 16.5. The first-order chi connectivity index (χ1) is 9.92. The first-order valence-electron chi connectivity index (χ1n) is 7.72. The predicted molar refractivity (Wildman–Crippen MR) is 76.6 cm³/mol. The number of hydrogen-bond donors (Lipinski definition) is 0. The number of carbonyl (C=O) groups is 2. The van der Waals surface area contributed by atoms with Crippen molar-refractivity contribution in [1.29, 1.82) is 0 Å². The Hall–Kier alpha value is -1.10. The van der Waals surface area contributed by atoms with E-state index in [1.54, 1.807) is 0 Å². The summed E-state index contributed by atoms with van der Waals surface area (Å²) in [5.74, 6) is -0.170. The van der Waals surface area contributed by atoms with Gasteiger partial charge in [0.25, 0.3) is 0 Å². The molecule has 0 bridgehead atoms. The second kappa shape index (κ2) is 5.95. The van der Waals surface area contributed by atoms with Gasteiger partial charge >= 0.3 is 11.9 Å². The molecule has 5 nitrogen and oxygen atoms in total. The van der Waals surface area contributed by atoms with Gasteiger partial charge in [0, 0.05) is 13.0 Å². The van der Waals surface area contributed by atoms with Crippen molar-refractivity contribution in [2.75, 3.05) is 20.8 Å². The van der Waals surface area contributed by atoms with Crippen LogP contribution in [0.3, 0.4) is 0 Å². The minimum absolute atomic E-state index is 0.363. The first-order valence-corrected chi connectivity index (χ1v) is 7.72. The van der Waals surface area contributed by atoms with E-state index in [2.05, 4.69) is 13.8 Å². The molecule has 0 radical (unpaired) electrons. The molecule has 21 heavy (non-hydrogen) atoms. The van der Waals surface area contributed by atoms with Crippen molar-refractivity contribution in [1.82, 2.24) is 0 Å². The Bertz CT molecular complexity index is 393. The van der Waals surface area contributed by atoms with E-state index in [0.717, 1.165) is 19.3 Å². The molecule has 0 aromatic heterocycles. The zero-order valence-electron chi connectivity index (χ0n) is 13.4. The number of hydrogen-bond acceptors (Lipinski definition) is 5. The molecule has 1 saturated carbocycles. The van der Waals surface area contributed by atoms with Crippen LogP contribution < -0.4 is 0 Å². The third-order valence-electron chi connectivity index (χ3n) is 5.25. The molecule has 2 rings (SSSR count). The van der Waals surface area contributed by atoms with Crippen molar-refractivity contribution in [2.45, 2.75) is 51.6 Å². The molecule has 2 fully saturated rings. The normalized spacial score (nSPS) is 31.4. The second-order valence-corrected chi connectivity index (χ2v) is 6.65. The molecular weight excluding hydrogens is 272 g/mol. The number of carbonyl (C=O) groups excluding carboxylic acids is 2. The van der Waals surface area contributed by atoms with Gasteiger partial charge in [-0.1, -0.05) is 13.8 Å². The van der Waals surface area contributed by atoms with E-state index in [9.17, 15) is 9.59 Å². The lowest BCUT2D eigenvalue weighted by Gasteiger charge is -2.48. The molecule has 0 unspecified atom stereocenters. The van der Waals surface area contributed by atoms with E-state index >= 15 is 0 Å². The van der Waals surface area contributed by atoms with Gasteiger partial charge in [-0.3, -0.25) is 9.59 Å². The van der Waals surface area contributed by atoms with E-state index in [0.29, 0.717) is 31.3 Å². The lowest BCUT2D eigenvalue weighted by atomic mass is 9.59. The standard InChI is InChI=1S/C16H26O5/c1-11(2)12-6-8-15(13(17)19-3,14(18)20-4)10-16(12)7-5-9-21-16/h11-12H,5-10H2,1-4H3/t12-,16-/m0/s1. The molecule has 1 spiro atoms. The minimum atomic E-state index is -1.21. The van der Waals surface area contributed by atoms with E-state index in [4.69, 9.17) is 14.2 Å². The van der Waals surface area contributed by atoms with Gasteiger partial charge in [-0.25, -0.2) is 0 Å². The lowest BCUT2D eigenvalue weighted by Crippen LogP contribution is -2.55. The average Bonchev–Trinajstić information content (AvgIpc) is 2.93. The van der Waals surface area contributed by atoms with Gasteiger partial charge < -0.3 is 14.2 Å². The zero-order chi connectivity index (χ0) is 15.7. The largest absolute Gasteiger partial charge is 0.468 e. The molecule has 1 saturated heterocycles. The summed E-state index contributed by atoms with van der Waals surface area (Å²) >= 11 is 0. The Balaban J connectivity index is 2.38. The highest BCUT2D eigenvalue weighted by molar-refractivity contribution is 6.00. The molecule has 2 atom stereocenters. The van der Waals surface area contributed by atoms with Gasteiger partial charge in [0.15, 0.2) is 5.41 Å². The van der Waals surface area contributed by atoms with Gasteiger partial charge in [0.05, 0.1) is 19.8 Å². The maximum absolute atomic E-state index is 12.3. The quantitative estimate of drug-likeness (QED) is 0.591. The van der Waals surface area contributed by atoms with Crippen LogP contribution in [0.25, 0.3) is 0 Å². The van der Waals surface area contributed by atoms with Gasteiger partial charge in [-0.05, 0) is 37.5 Å². The summed E-state index contributed by atoms with van der Waals surface area (Å²) < 4.78 is 15.9. The highest BCUT2D eigenvalue weighted by Crippen LogP contribution is 2.54. The van der Waals surface area contributed by atoms with Crippen molar-refractivity contribution in [3.05, 3.63) is 0 Å². The Labute approximate surface area is 126 Å². The molecular formula is C16H26O5. The SMILES string of the molecule is COC(=O)C1(C(=O)OC)CC[C@@H](C(C)C)[C@]2(CCCO2)C1. The van der Waals surface area contributed by atoms with Crippen molar-refractivity contribution in [3.63, 3.8) is 0 Å². The fourth-order valence-corrected chi connectivity index (χ4v) is 4.31. The average molecular weight is 298 g/mol. The lowest BCUT2D eigenvalue weighted by molar-refractivity contribution is -0.187. The number of esters is 2. The number of ether oxygens (including phenoxy) is 3. The molecule has 0 aromatic rings. The van der Waals surface area contributed by atoms with Crippen LogP contribution in [0.4, 0.5) is 0 Å². The van der Waals surface area contributed by atoms with E-state index < -0.39 is 23.0 Å². The Kier molecular flexibility index (Phi) is 4.61. The molecule has 0 amide bonds. The zero-order valence-corrected chi connectivity index (χ0v) is 13.4. The third-order valence-corrected chi connectivity index (χ3v) is 5.25. The van der Waals surface area contributed by atoms with E-state index in [1.807, 2.05) is 0 Å². The van der Waals surface area contributed by atoms with Crippen LogP contribution in [0, 0.1) is 17.3 Å². The third kappa shape index (κ3) is 2.56. The van der Waals surface area contributed by atoms with Crippen molar-refractivity contribution in [3.8, 4) is 0 Å². The van der Waals surface area contributed by atoms with Crippen molar-refractivity contribution >= 4 is 11.9 Å². The van der Waals surface area contributed by atoms with Gasteiger partial charge in [0.1, 0.15) is 0 Å². The monoisotopic (exact) mass is 298 g/mol. The summed E-state index contributed by atoms with van der Waals surface area (Å²) in [5, 5.41) is 0. The molecule has 0 aromatic carbocycles. The van der Waals surface area contributed by atoms with Crippen LogP contribution in [0.2, 0.25) is 0 Å². The molecule has 120 valence electrons. The summed E-state index contributed by atoms with van der Waals surface area (Å²) in [5.41, 5.74) is -1.60. The summed E-state index contributed by atoms with van der Waals surface area (Å²) in [4.78, 5) is 24.7. The number of methoxy groups -OCH3 is 2. The summed E-state index contributed by atoms with van der Waals surface area (Å²) in [6, 6.07) is 0. The molecule has 2 aliphatic rings. The highest BCUT2D eigenvalue weighted by Gasteiger charge is 2.60. The molecule has 1 heterocycles. The second-order valence-electron chi connectivity index (χ2n) is 6.65. The van der Waals surface area contributed by atoms with Gasteiger partial charge in [-0.2, -0.15) is 0 Å². The molecule has 1 aliphatic carbocycles. The predicted octanol–water partition coefficient (Wildman–Crippen LogP) is 2.32. The van der Waals surface area contributed by atoms with Crippen molar-refractivity contribution < 1.29 is 23.8 Å². The fourth-order valence-electron chi connectivity index (χ4n) is 4.31. The minimum Gasteiger partial charge on any atom is -0.468 e. The van der Waals surface area contributed by atoms with Crippen molar-refractivity contribution in [2.24, 2.45) is 17.3 Å². The van der Waals surface area contributed by atoms with E-state index in [1.165, 1.54) is 14.2 Å². The van der Waals surface area contributed by atoms with Crippen LogP contribution >= 0.6 is 0 Å². The smallest absolute Gasteiger partial charge is 0.323 e. The van der Waals surface area contributed by atoms with Crippen LogP contribution in [0.5, 0.6) is 0 Å². The van der Waals surface area contributed by atoms with Gasteiger partial charge in [-0.15, -0.1) is 0 Å².